The molecule has 0 aliphatic rings. The minimum atomic E-state index is -2.97. The average Bonchev–Trinajstić information content (AvgIpc) is 2.20. The molecule has 18 heavy (non-hydrogen) atoms. The van der Waals surface area contributed by atoms with Crippen LogP contribution in [0.1, 0.15) is 60.8 Å². The van der Waals surface area contributed by atoms with E-state index >= 15 is 0 Å². The number of nitrogens with one attached hydrogen (secondary N) is 1. The Bertz CT molecular complexity index is 315. The summed E-state index contributed by atoms with van der Waals surface area (Å²) in [4.78, 5) is 0. The molecule has 3 nitrogen and oxygen atoms in total. The first-order valence-electron chi connectivity index (χ1n) is 7.07. The molecule has 0 aromatic carbocycles. The van der Waals surface area contributed by atoms with E-state index in [4.69, 9.17) is 0 Å². The van der Waals surface area contributed by atoms with Crippen LogP contribution in [0.5, 0.6) is 0 Å². The second-order valence-corrected chi connectivity index (χ2v) is 9.24. The van der Waals surface area contributed by atoms with E-state index < -0.39 is 14.6 Å². The minimum absolute atomic E-state index is 0.299. The molecule has 0 amide bonds. The van der Waals surface area contributed by atoms with Crippen LogP contribution in [-0.4, -0.2) is 31.5 Å². The first kappa shape index (κ1) is 17.9. The van der Waals surface area contributed by atoms with Gasteiger partial charge < -0.3 is 5.32 Å². The predicted octanol–water partition coefficient (Wildman–Crippen LogP) is 3.00. The van der Waals surface area contributed by atoms with Crippen LogP contribution in [0.15, 0.2) is 0 Å². The number of rotatable bonds is 8. The van der Waals surface area contributed by atoms with Crippen LogP contribution in [0, 0.1) is 5.92 Å². The fourth-order valence-electron chi connectivity index (χ4n) is 1.80. The van der Waals surface area contributed by atoms with E-state index in [1.165, 1.54) is 0 Å². The molecular formula is C14H31NO2S. The van der Waals surface area contributed by atoms with E-state index in [1.807, 2.05) is 0 Å². The van der Waals surface area contributed by atoms with Crippen molar-refractivity contribution in [1.82, 2.24) is 5.32 Å². The molecule has 0 saturated heterocycles. The molecule has 0 aliphatic carbocycles. The van der Waals surface area contributed by atoms with Gasteiger partial charge in [0.15, 0.2) is 9.84 Å². The molecular weight excluding hydrogens is 246 g/mol. The molecule has 0 aliphatic heterocycles. The first-order valence-corrected chi connectivity index (χ1v) is 8.72. The molecule has 0 heterocycles. The molecule has 1 N–H and O–H groups in total. The van der Waals surface area contributed by atoms with Gasteiger partial charge in [-0.15, -0.1) is 0 Å². The van der Waals surface area contributed by atoms with Crippen molar-refractivity contribution in [2.24, 2.45) is 5.92 Å². The van der Waals surface area contributed by atoms with Crippen molar-refractivity contribution in [3.8, 4) is 0 Å². The van der Waals surface area contributed by atoms with Gasteiger partial charge >= 0.3 is 0 Å². The zero-order chi connectivity index (χ0) is 14.4. The van der Waals surface area contributed by atoms with E-state index in [0.717, 1.165) is 25.8 Å². The lowest BCUT2D eigenvalue weighted by Gasteiger charge is -2.24. The lowest BCUT2D eigenvalue weighted by molar-refractivity contribution is 0.375. The Morgan fingerprint density at radius 2 is 1.72 bits per heavy atom. The fraction of sp³-hybridized carbons (Fsp3) is 1.00. The fourth-order valence-corrected chi connectivity index (χ4v) is 2.96. The summed E-state index contributed by atoms with van der Waals surface area (Å²) in [5, 5.41) is 3.50. The van der Waals surface area contributed by atoms with Crippen LogP contribution in [-0.2, 0) is 9.84 Å². The predicted molar refractivity (Wildman–Crippen MR) is 79.7 cm³/mol. The first-order chi connectivity index (χ1) is 8.12. The van der Waals surface area contributed by atoms with Gasteiger partial charge in [0.2, 0.25) is 0 Å². The van der Waals surface area contributed by atoms with E-state index in [1.54, 1.807) is 20.8 Å². The van der Waals surface area contributed by atoms with Crippen LogP contribution in [0.2, 0.25) is 0 Å². The van der Waals surface area contributed by atoms with Crippen molar-refractivity contribution in [2.75, 3.05) is 12.3 Å². The highest BCUT2D eigenvalue weighted by atomic mass is 32.2. The summed E-state index contributed by atoms with van der Waals surface area (Å²) in [5.41, 5.74) is 0. The van der Waals surface area contributed by atoms with Crippen LogP contribution >= 0.6 is 0 Å². The Balaban J connectivity index is 4.23. The van der Waals surface area contributed by atoms with Gasteiger partial charge in [-0.05, 0) is 52.5 Å². The minimum Gasteiger partial charge on any atom is -0.314 e. The van der Waals surface area contributed by atoms with E-state index in [9.17, 15) is 8.42 Å². The van der Waals surface area contributed by atoms with Gasteiger partial charge in [-0.2, -0.15) is 0 Å². The third-order valence-electron chi connectivity index (χ3n) is 3.32. The summed E-state index contributed by atoms with van der Waals surface area (Å²) < 4.78 is 23.4. The van der Waals surface area contributed by atoms with Gasteiger partial charge in [0.25, 0.3) is 0 Å². The SMILES string of the molecule is CCCNC(CCCS(=O)(=O)C(C)(C)C)C(C)C. The third-order valence-corrected chi connectivity index (χ3v) is 6.01. The Morgan fingerprint density at radius 3 is 2.11 bits per heavy atom. The summed E-state index contributed by atoms with van der Waals surface area (Å²) in [7, 11) is -2.97. The Kier molecular flexibility index (Phi) is 7.45. The number of hydrogen-bond acceptors (Lipinski definition) is 3. The highest BCUT2D eigenvalue weighted by Gasteiger charge is 2.28. The highest BCUT2D eigenvalue weighted by molar-refractivity contribution is 7.92. The van der Waals surface area contributed by atoms with Crippen molar-refractivity contribution in [1.29, 1.82) is 0 Å². The molecule has 0 rings (SSSR count). The average molecular weight is 277 g/mol. The maximum atomic E-state index is 12.0. The summed E-state index contributed by atoms with van der Waals surface area (Å²) in [6.45, 7) is 12.9. The van der Waals surface area contributed by atoms with E-state index in [0.29, 0.717) is 17.7 Å². The maximum Gasteiger partial charge on any atom is 0.155 e. The second-order valence-electron chi connectivity index (χ2n) is 6.38. The van der Waals surface area contributed by atoms with Crippen LogP contribution < -0.4 is 5.32 Å². The quantitative estimate of drug-likeness (QED) is 0.742. The monoisotopic (exact) mass is 277 g/mol. The van der Waals surface area contributed by atoms with Gasteiger partial charge in [-0.3, -0.25) is 0 Å². The van der Waals surface area contributed by atoms with Crippen LogP contribution in [0.3, 0.4) is 0 Å². The highest BCUT2D eigenvalue weighted by Crippen LogP contribution is 2.18. The lowest BCUT2D eigenvalue weighted by Crippen LogP contribution is -2.36. The van der Waals surface area contributed by atoms with E-state index in [-0.39, 0.29) is 0 Å². The van der Waals surface area contributed by atoms with Crippen molar-refractivity contribution in [2.45, 2.75) is 71.6 Å². The zero-order valence-corrected chi connectivity index (χ0v) is 13.7. The van der Waals surface area contributed by atoms with Crippen molar-refractivity contribution < 1.29 is 8.42 Å². The van der Waals surface area contributed by atoms with Crippen molar-refractivity contribution in [3.63, 3.8) is 0 Å². The van der Waals surface area contributed by atoms with Gasteiger partial charge in [-0.25, -0.2) is 8.42 Å². The summed E-state index contributed by atoms with van der Waals surface area (Å²) in [6, 6.07) is 0.431. The van der Waals surface area contributed by atoms with Crippen molar-refractivity contribution >= 4 is 9.84 Å². The molecule has 0 aromatic heterocycles. The number of sulfone groups is 1. The van der Waals surface area contributed by atoms with E-state index in [2.05, 4.69) is 26.1 Å². The molecule has 0 spiro atoms. The van der Waals surface area contributed by atoms with Crippen LogP contribution in [0.4, 0.5) is 0 Å². The lowest BCUT2D eigenvalue weighted by atomic mass is 9.99. The molecule has 0 saturated carbocycles. The zero-order valence-electron chi connectivity index (χ0n) is 12.9. The molecule has 0 radical (unpaired) electrons. The molecule has 0 aromatic rings. The Labute approximate surface area is 114 Å². The van der Waals surface area contributed by atoms with Gasteiger partial charge in [0.1, 0.15) is 0 Å². The van der Waals surface area contributed by atoms with Crippen LogP contribution in [0.25, 0.3) is 0 Å². The molecule has 0 fully saturated rings. The topological polar surface area (TPSA) is 46.2 Å². The summed E-state index contributed by atoms with van der Waals surface area (Å²) in [6.07, 6.45) is 2.80. The molecule has 110 valence electrons. The Morgan fingerprint density at radius 1 is 1.17 bits per heavy atom. The molecule has 4 heteroatoms. The normalized spacial score (nSPS) is 15.1. The molecule has 0 bridgehead atoms. The Hall–Kier alpha value is -0.0900. The second kappa shape index (κ2) is 7.49. The van der Waals surface area contributed by atoms with Gasteiger partial charge in [0.05, 0.1) is 10.5 Å². The summed E-state index contributed by atoms with van der Waals surface area (Å²) >= 11 is 0. The largest absolute Gasteiger partial charge is 0.314 e. The molecule has 1 atom stereocenters. The third kappa shape index (κ3) is 6.19. The summed E-state index contributed by atoms with van der Waals surface area (Å²) in [5.74, 6) is 0.849. The van der Waals surface area contributed by atoms with Gasteiger partial charge in [0, 0.05) is 6.04 Å². The van der Waals surface area contributed by atoms with Gasteiger partial charge in [-0.1, -0.05) is 20.8 Å². The number of hydrogen-bond donors (Lipinski definition) is 1. The molecule has 1 unspecified atom stereocenters. The smallest absolute Gasteiger partial charge is 0.155 e. The standard InChI is InChI=1S/C14H31NO2S/c1-7-10-15-13(12(2)3)9-8-11-18(16,17)14(4,5)6/h12-13,15H,7-11H2,1-6H3. The van der Waals surface area contributed by atoms with Crippen molar-refractivity contribution in [3.05, 3.63) is 0 Å². The maximum absolute atomic E-state index is 12.0.